The van der Waals surface area contributed by atoms with Crippen molar-refractivity contribution >= 4 is 23.5 Å². The Kier molecular flexibility index (Phi) is 4.88. The highest BCUT2D eigenvalue weighted by molar-refractivity contribution is 5.91. The Morgan fingerprint density at radius 3 is 2.62 bits per heavy atom. The molecule has 7 heteroatoms. The van der Waals surface area contributed by atoms with E-state index in [0.29, 0.717) is 11.8 Å². The Morgan fingerprint density at radius 1 is 1.17 bits per heavy atom. The highest BCUT2D eigenvalue weighted by atomic mass is 16.1. The van der Waals surface area contributed by atoms with Crippen molar-refractivity contribution in [2.45, 2.75) is 12.8 Å². The van der Waals surface area contributed by atoms with E-state index in [2.05, 4.69) is 25.2 Å². The quantitative estimate of drug-likeness (QED) is 0.923. The van der Waals surface area contributed by atoms with E-state index < -0.39 is 0 Å². The van der Waals surface area contributed by atoms with Gasteiger partial charge in [-0.2, -0.15) is 4.98 Å². The third-order valence-electron chi connectivity index (χ3n) is 4.13. The lowest BCUT2D eigenvalue weighted by Crippen LogP contribution is -2.38. The van der Waals surface area contributed by atoms with Gasteiger partial charge in [0.2, 0.25) is 11.9 Å². The van der Waals surface area contributed by atoms with Crippen molar-refractivity contribution in [2.24, 2.45) is 5.92 Å². The lowest BCUT2D eigenvalue weighted by atomic mass is 9.96. The van der Waals surface area contributed by atoms with Gasteiger partial charge in [-0.05, 0) is 31.0 Å². The number of aromatic nitrogens is 3. The van der Waals surface area contributed by atoms with Crippen molar-refractivity contribution in [3.63, 3.8) is 0 Å². The molecule has 1 saturated heterocycles. The minimum Gasteiger partial charge on any atom is -0.356 e. The molecule has 1 N–H and O–H groups in total. The summed E-state index contributed by atoms with van der Waals surface area (Å²) in [5, 5.41) is 2.89. The van der Waals surface area contributed by atoms with Gasteiger partial charge in [0.1, 0.15) is 11.6 Å². The Hall–Kier alpha value is -2.70. The second-order valence-electron chi connectivity index (χ2n) is 6.07. The lowest BCUT2D eigenvalue weighted by Gasteiger charge is -2.32. The molecule has 0 bridgehead atoms. The minimum absolute atomic E-state index is 0.0124. The first-order valence-electron chi connectivity index (χ1n) is 8.10. The van der Waals surface area contributed by atoms with Gasteiger partial charge in [-0.25, -0.2) is 9.97 Å². The van der Waals surface area contributed by atoms with Crippen LogP contribution in [-0.2, 0) is 4.79 Å². The van der Waals surface area contributed by atoms with Gasteiger partial charge in [-0.15, -0.1) is 0 Å². The highest BCUT2D eigenvalue weighted by Gasteiger charge is 2.26. The van der Waals surface area contributed by atoms with Crippen LogP contribution in [0.25, 0.3) is 0 Å². The van der Waals surface area contributed by atoms with Crippen molar-refractivity contribution in [3.05, 3.63) is 36.7 Å². The zero-order valence-electron chi connectivity index (χ0n) is 14.0. The van der Waals surface area contributed by atoms with Crippen molar-refractivity contribution < 1.29 is 4.79 Å². The van der Waals surface area contributed by atoms with E-state index in [1.54, 1.807) is 18.5 Å². The number of pyridine rings is 1. The van der Waals surface area contributed by atoms with E-state index in [-0.39, 0.29) is 11.8 Å². The van der Waals surface area contributed by atoms with Gasteiger partial charge >= 0.3 is 0 Å². The molecule has 1 fully saturated rings. The summed E-state index contributed by atoms with van der Waals surface area (Å²) in [6.45, 7) is 1.62. The van der Waals surface area contributed by atoms with E-state index in [1.165, 1.54) is 0 Å². The maximum Gasteiger partial charge on any atom is 0.228 e. The number of nitrogens with zero attached hydrogens (tertiary/aromatic N) is 5. The number of carbonyl (C=O) groups is 1. The van der Waals surface area contributed by atoms with Crippen molar-refractivity contribution in [1.82, 2.24) is 15.0 Å². The zero-order valence-corrected chi connectivity index (χ0v) is 14.0. The van der Waals surface area contributed by atoms with Crippen molar-refractivity contribution in [1.29, 1.82) is 0 Å². The lowest BCUT2D eigenvalue weighted by molar-refractivity contribution is -0.120. The molecule has 0 atom stereocenters. The smallest absolute Gasteiger partial charge is 0.228 e. The Labute approximate surface area is 141 Å². The molecule has 2 aromatic rings. The van der Waals surface area contributed by atoms with Crippen LogP contribution in [0.2, 0.25) is 0 Å². The summed E-state index contributed by atoms with van der Waals surface area (Å²) in [7, 11) is 3.85. The second-order valence-corrected chi connectivity index (χ2v) is 6.07. The summed E-state index contributed by atoms with van der Waals surface area (Å²) in [4.78, 5) is 29.4. The van der Waals surface area contributed by atoms with Gasteiger partial charge in [0.15, 0.2) is 0 Å². The molecule has 3 heterocycles. The first-order valence-corrected chi connectivity index (χ1v) is 8.10. The maximum atomic E-state index is 12.4. The second kappa shape index (κ2) is 7.25. The first kappa shape index (κ1) is 16.2. The normalized spacial score (nSPS) is 15.2. The summed E-state index contributed by atoms with van der Waals surface area (Å²) in [6, 6.07) is 7.42. The number of carbonyl (C=O) groups excluding carboxylic acids is 1. The topological polar surface area (TPSA) is 74.2 Å². The third-order valence-corrected chi connectivity index (χ3v) is 4.13. The molecule has 1 aliphatic heterocycles. The van der Waals surface area contributed by atoms with Crippen LogP contribution in [0.15, 0.2) is 36.7 Å². The number of nitrogens with one attached hydrogen (secondary N) is 1. The molecule has 1 aliphatic rings. The molecule has 2 aromatic heterocycles. The molecule has 1 amide bonds. The molecular weight excluding hydrogens is 304 g/mol. The van der Waals surface area contributed by atoms with Crippen LogP contribution >= 0.6 is 0 Å². The number of piperidine rings is 1. The van der Waals surface area contributed by atoms with Crippen LogP contribution in [-0.4, -0.2) is 48.0 Å². The van der Waals surface area contributed by atoms with E-state index >= 15 is 0 Å². The van der Waals surface area contributed by atoms with Gasteiger partial charge < -0.3 is 15.1 Å². The van der Waals surface area contributed by atoms with Gasteiger partial charge in [0, 0.05) is 45.5 Å². The van der Waals surface area contributed by atoms with Crippen LogP contribution in [0.3, 0.4) is 0 Å². The fraction of sp³-hybridized carbons (Fsp3) is 0.412. The van der Waals surface area contributed by atoms with Crippen LogP contribution < -0.4 is 15.1 Å². The van der Waals surface area contributed by atoms with E-state index in [9.17, 15) is 4.79 Å². The van der Waals surface area contributed by atoms with E-state index in [4.69, 9.17) is 0 Å². The molecule has 0 spiro atoms. The largest absolute Gasteiger partial charge is 0.356 e. The van der Waals surface area contributed by atoms with Gasteiger partial charge in [0.25, 0.3) is 0 Å². The molecule has 3 rings (SSSR count). The van der Waals surface area contributed by atoms with Crippen molar-refractivity contribution in [2.75, 3.05) is 42.3 Å². The number of amides is 1. The van der Waals surface area contributed by atoms with Crippen LogP contribution in [0, 0.1) is 5.92 Å². The number of hydrogen-bond donors (Lipinski definition) is 1. The van der Waals surface area contributed by atoms with Crippen LogP contribution in [0.1, 0.15) is 12.8 Å². The molecule has 0 radical (unpaired) electrons. The standard InChI is InChI=1S/C17H22N6O/c1-22(2)17-19-10-6-15(21-17)23-11-7-13(8-12-23)16(24)20-14-5-3-4-9-18-14/h3-6,9-10,13H,7-8,11-12H2,1-2H3,(H,18,20,24). The number of anilines is 3. The predicted molar refractivity (Wildman–Crippen MR) is 94.2 cm³/mol. The summed E-state index contributed by atoms with van der Waals surface area (Å²) in [5.74, 6) is 2.28. The Balaban J connectivity index is 1.57. The van der Waals surface area contributed by atoms with Crippen LogP contribution in [0.4, 0.5) is 17.6 Å². The van der Waals surface area contributed by atoms with Gasteiger partial charge in [-0.1, -0.05) is 6.07 Å². The molecule has 0 saturated carbocycles. The first-order chi connectivity index (χ1) is 11.6. The SMILES string of the molecule is CN(C)c1nccc(N2CCC(C(=O)Nc3ccccn3)CC2)n1. The van der Waals surface area contributed by atoms with Gasteiger partial charge in [-0.3, -0.25) is 4.79 Å². The minimum atomic E-state index is 0.0124. The molecule has 0 aromatic carbocycles. The zero-order chi connectivity index (χ0) is 16.9. The van der Waals surface area contributed by atoms with E-state index in [1.807, 2.05) is 37.2 Å². The average Bonchev–Trinajstić information content (AvgIpc) is 2.63. The predicted octanol–water partition coefficient (Wildman–Crippen LogP) is 1.79. The Morgan fingerprint density at radius 2 is 1.96 bits per heavy atom. The molecule has 0 unspecified atom stereocenters. The Bertz CT molecular complexity index is 682. The van der Waals surface area contributed by atoms with E-state index in [0.717, 1.165) is 31.7 Å². The molecule has 0 aliphatic carbocycles. The fourth-order valence-corrected chi connectivity index (χ4v) is 2.77. The highest BCUT2D eigenvalue weighted by Crippen LogP contribution is 2.23. The fourth-order valence-electron chi connectivity index (χ4n) is 2.77. The summed E-state index contributed by atoms with van der Waals surface area (Å²) < 4.78 is 0. The number of rotatable bonds is 4. The molecule has 24 heavy (non-hydrogen) atoms. The maximum absolute atomic E-state index is 12.4. The summed E-state index contributed by atoms with van der Waals surface area (Å²) >= 11 is 0. The average molecular weight is 326 g/mol. The monoisotopic (exact) mass is 326 g/mol. The molecule has 7 nitrogen and oxygen atoms in total. The third kappa shape index (κ3) is 3.79. The number of hydrogen-bond acceptors (Lipinski definition) is 6. The summed E-state index contributed by atoms with van der Waals surface area (Å²) in [6.07, 6.45) is 5.06. The van der Waals surface area contributed by atoms with Crippen molar-refractivity contribution in [3.8, 4) is 0 Å². The molecular formula is C17H22N6O. The van der Waals surface area contributed by atoms with Gasteiger partial charge in [0.05, 0.1) is 0 Å². The van der Waals surface area contributed by atoms with Crippen LogP contribution in [0.5, 0.6) is 0 Å². The molecule has 126 valence electrons. The summed E-state index contributed by atoms with van der Waals surface area (Å²) in [5.41, 5.74) is 0.